The van der Waals surface area contributed by atoms with Gasteiger partial charge < -0.3 is 15.4 Å². The first kappa shape index (κ1) is 15.2. The maximum absolute atomic E-state index is 9.91. The van der Waals surface area contributed by atoms with Crippen LogP contribution in [0, 0.1) is 31.1 Å². The van der Waals surface area contributed by atoms with Crippen LogP contribution in [0.5, 0.6) is 5.75 Å². The minimum atomic E-state index is -0.325. The van der Waals surface area contributed by atoms with Crippen LogP contribution >= 0.6 is 11.3 Å². The van der Waals surface area contributed by atoms with Crippen LogP contribution in [-0.4, -0.2) is 29.5 Å². The van der Waals surface area contributed by atoms with Gasteiger partial charge in [0.25, 0.3) is 0 Å². The normalized spacial score (nSPS) is 30.4. The van der Waals surface area contributed by atoms with E-state index in [2.05, 4.69) is 24.0 Å². The van der Waals surface area contributed by atoms with E-state index in [0.29, 0.717) is 11.5 Å². The van der Waals surface area contributed by atoms with Gasteiger partial charge in [0.15, 0.2) is 5.75 Å². The number of nitriles is 1. The number of aryl methyl sites for hydroxylation is 2. The van der Waals surface area contributed by atoms with Crippen LogP contribution in [0.15, 0.2) is 17.5 Å². The van der Waals surface area contributed by atoms with Gasteiger partial charge in [-0.2, -0.15) is 5.26 Å². The molecule has 0 saturated carbocycles. The van der Waals surface area contributed by atoms with Crippen LogP contribution in [0.2, 0.25) is 0 Å². The smallest absolute Gasteiger partial charge is 0.205 e. The summed E-state index contributed by atoms with van der Waals surface area (Å²) < 4.78 is 6.03. The fourth-order valence-electron chi connectivity index (χ4n) is 5.06. The standard InChI is InChI=1S/C19H20N4OS/c1-10-7-11(2)22-18-14(10)15-16(25-18)19(13(8-20)17(21)24-15)9-23-5-3-12(19)4-6-23/h7,12H,3-6,9,21H2,1-2H3/t19-/m0/s1. The van der Waals surface area contributed by atoms with Crippen molar-refractivity contribution < 1.29 is 4.74 Å². The number of fused-ring (bicyclic) bond motifs is 5. The Balaban J connectivity index is 1.85. The highest BCUT2D eigenvalue weighted by molar-refractivity contribution is 7.19. The van der Waals surface area contributed by atoms with Gasteiger partial charge in [-0.25, -0.2) is 4.98 Å². The van der Waals surface area contributed by atoms with Gasteiger partial charge in [0.1, 0.15) is 16.5 Å². The highest BCUT2D eigenvalue weighted by Gasteiger charge is 2.56. The molecule has 2 aromatic heterocycles. The number of nitrogens with two attached hydrogens (primary N) is 1. The molecule has 0 unspecified atom stereocenters. The van der Waals surface area contributed by atoms with Crippen molar-refractivity contribution in [3.8, 4) is 11.8 Å². The van der Waals surface area contributed by atoms with Crippen molar-refractivity contribution in [3.63, 3.8) is 0 Å². The third-order valence-corrected chi connectivity index (χ3v) is 7.37. The maximum atomic E-state index is 9.91. The molecular weight excluding hydrogens is 332 g/mol. The molecule has 4 aliphatic rings. The van der Waals surface area contributed by atoms with E-state index < -0.39 is 0 Å². The molecule has 6 rings (SSSR count). The fraction of sp³-hybridized carbons (Fsp3) is 0.474. The van der Waals surface area contributed by atoms with Crippen molar-refractivity contribution in [1.29, 1.82) is 5.26 Å². The minimum absolute atomic E-state index is 0.281. The summed E-state index contributed by atoms with van der Waals surface area (Å²) in [5.74, 6) is 1.57. The van der Waals surface area contributed by atoms with Crippen molar-refractivity contribution in [2.75, 3.05) is 19.6 Å². The third-order valence-electron chi connectivity index (χ3n) is 6.12. The number of nitrogens with zero attached hydrogens (tertiary/aromatic N) is 3. The monoisotopic (exact) mass is 352 g/mol. The Morgan fingerprint density at radius 3 is 2.80 bits per heavy atom. The zero-order valence-corrected chi connectivity index (χ0v) is 15.2. The van der Waals surface area contributed by atoms with E-state index in [4.69, 9.17) is 15.5 Å². The van der Waals surface area contributed by atoms with E-state index in [1.54, 1.807) is 11.3 Å². The van der Waals surface area contributed by atoms with Crippen LogP contribution < -0.4 is 10.5 Å². The second-order valence-electron chi connectivity index (χ2n) is 7.50. The van der Waals surface area contributed by atoms with Crippen LogP contribution in [0.4, 0.5) is 0 Å². The van der Waals surface area contributed by atoms with E-state index in [0.717, 1.165) is 64.6 Å². The van der Waals surface area contributed by atoms with Crippen molar-refractivity contribution in [2.24, 2.45) is 11.7 Å². The average Bonchev–Trinajstić information content (AvgIpc) is 2.95. The molecule has 2 aromatic rings. The van der Waals surface area contributed by atoms with Crippen molar-refractivity contribution in [3.05, 3.63) is 33.7 Å². The van der Waals surface area contributed by atoms with Crippen LogP contribution in [0.3, 0.4) is 0 Å². The molecule has 2 bridgehead atoms. The van der Waals surface area contributed by atoms with E-state index in [9.17, 15) is 5.26 Å². The van der Waals surface area contributed by atoms with Crippen LogP contribution in [0.1, 0.15) is 29.0 Å². The Morgan fingerprint density at radius 2 is 2.16 bits per heavy atom. The highest BCUT2D eigenvalue weighted by Crippen LogP contribution is 2.58. The van der Waals surface area contributed by atoms with Crippen molar-refractivity contribution >= 4 is 21.6 Å². The molecule has 0 amide bonds. The number of thiophene rings is 1. The van der Waals surface area contributed by atoms with Crippen LogP contribution in [0.25, 0.3) is 10.2 Å². The molecule has 3 fully saturated rings. The van der Waals surface area contributed by atoms with Gasteiger partial charge >= 0.3 is 0 Å². The molecular formula is C19H20N4OS. The number of hydrogen-bond acceptors (Lipinski definition) is 6. The first-order valence-corrected chi connectivity index (χ1v) is 9.58. The summed E-state index contributed by atoms with van der Waals surface area (Å²) in [7, 11) is 0. The Hall–Kier alpha value is -2.10. The molecule has 6 heteroatoms. The van der Waals surface area contributed by atoms with Crippen molar-refractivity contribution in [1.82, 2.24) is 9.88 Å². The zero-order chi connectivity index (χ0) is 17.3. The maximum Gasteiger partial charge on any atom is 0.205 e. The van der Waals surface area contributed by atoms with Gasteiger partial charge in [-0.1, -0.05) is 0 Å². The summed E-state index contributed by atoms with van der Waals surface area (Å²) in [6.45, 7) is 7.20. The summed E-state index contributed by atoms with van der Waals surface area (Å²) in [5.41, 5.74) is 8.73. The zero-order valence-electron chi connectivity index (χ0n) is 14.4. The lowest BCUT2D eigenvalue weighted by atomic mass is 9.61. The lowest BCUT2D eigenvalue weighted by molar-refractivity contribution is 0.0410. The molecule has 5 nitrogen and oxygen atoms in total. The third kappa shape index (κ3) is 1.83. The number of ether oxygens (including phenoxy) is 1. The number of hydrogen-bond donors (Lipinski definition) is 1. The Bertz CT molecular complexity index is 977. The first-order chi connectivity index (χ1) is 12.0. The van der Waals surface area contributed by atoms with Gasteiger partial charge in [0.2, 0.25) is 5.88 Å². The average molecular weight is 352 g/mol. The van der Waals surface area contributed by atoms with Gasteiger partial charge in [0.05, 0.1) is 15.7 Å². The second kappa shape index (κ2) is 4.96. The van der Waals surface area contributed by atoms with Crippen molar-refractivity contribution in [2.45, 2.75) is 32.1 Å². The van der Waals surface area contributed by atoms with Gasteiger partial charge in [-0.3, -0.25) is 0 Å². The van der Waals surface area contributed by atoms with E-state index in [-0.39, 0.29) is 11.3 Å². The van der Waals surface area contributed by atoms with Crippen LogP contribution in [-0.2, 0) is 5.41 Å². The summed E-state index contributed by atoms with van der Waals surface area (Å²) >= 11 is 1.69. The molecule has 2 N–H and O–H groups in total. The van der Waals surface area contributed by atoms with E-state index in [1.165, 1.54) is 0 Å². The molecule has 25 heavy (non-hydrogen) atoms. The Morgan fingerprint density at radius 1 is 1.40 bits per heavy atom. The predicted molar refractivity (Wildman–Crippen MR) is 97.4 cm³/mol. The molecule has 6 heterocycles. The summed E-state index contributed by atoms with van der Waals surface area (Å²) in [5, 5.41) is 11.0. The fourth-order valence-corrected chi connectivity index (χ4v) is 6.55. The molecule has 3 saturated heterocycles. The SMILES string of the molecule is Cc1cc(C)c2c3c(sc2n1)[C@]1(CN2CCC1CC2)C(C#N)=C(N)O3. The predicted octanol–water partition coefficient (Wildman–Crippen LogP) is 2.96. The summed E-state index contributed by atoms with van der Waals surface area (Å²) in [6, 6.07) is 4.48. The first-order valence-electron chi connectivity index (χ1n) is 8.76. The number of piperidine rings is 3. The number of aromatic nitrogens is 1. The van der Waals surface area contributed by atoms with Gasteiger partial charge in [-0.15, -0.1) is 11.3 Å². The topological polar surface area (TPSA) is 75.2 Å². The van der Waals surface area contributed by atoms with E-state index >= 15 is 0 Å². The molecule has 0 aliphatic carbocycles. The van der Waals surface area contributed by atoms with Gasteiger partial charge in [-0.05, 0) is 57.3 Å². The molecule has 0 aromatic carbocycles. The summed E-state index contributed by atoms with van der Waals surface area (Å²) in [4.78, 5) is 9.36. The lowest BCUT2D eigenvalue weighted by Crippen LogP contribution is -2.59. The number of pyridine rings is 1. The molecule has 0 radical (unpaired) electrons. The highest BCUT2D eigenvalue weighted by atomic mass is 32.1. The van der Waals surface area contributed by atoms with Gasteiger partial charge in [0, 0.05) is 12.2 Å². The number of rotatable bonds is 0. The lowest BCUT2D eigenvalue weighted by Gasteiger charge is -2.53. The minimum Gasteiger partial charge on any atom is -0.439 e. The molecule has 128 valence electrons. The summed E-state index contributed by atoms with van der Waals surface area (Å²) in [6.07, 6.45) is 2.22. The largest absolute Gasteiger partial charge is 0.439 e. The molecule has 4 aliphatic heterocycles. The Kier molecular flexibility index (Phi) is 3.01. The molecule has 1 atom stereocenters. The Labute approximate surface area is 150 Å². The second-order valence-corrected chi connectivity index (χ2v) is 8.49. The quantitative estimate of drug-likeness (QED) is 0.789. The molecule has 1 spiro atoms. The van der Waals surface area contributed by atoms with E-state index in [1.807, 2.05) is 6.92 Å².